The third kappa shape index (κ3) is 3.83. The van der Waals surface area contributed by atoms with Crippen molar-refractivity contribution in [3.05, 3.63) is 0 Å². The van der Waals surface area contributed by atoms with Gasteiger partial charge in [0.15, 0.2) is 0 Å². The van der Waals surface area contributed by atoms with Crippen LogP contribution in [0.5, 0.6) is 0 Å². The lowest BCUT2D eigenvalue weighted by Crippen LogP contribution is -2.58. The van der Waals surface area contributed by atoms with E-state index in [9.17, 15) is 27.9 Å². The minimum absolute atomic E-state index is 0.00954. The number of nitrogens with zero attached hydrogens (tertiary/aromatic N) is 1. The molecule has 0 aromatic rings. The van der Waals surface area contributed by atoms with Crippen molar-refractivity contribution in [1.29, 1.82) is 0 Å². The predicted molar refractivity (Wildman–Crippen MR) is 85.5 cm³/mol. The second-order valence-electron chi connectivity index (χ2n) is 7.43. The summed E-state index contributed by atoms with van der Waals surface area (Å²) in [6.45, 7) is 3.83. The molecule has 0 aromatic carbocycles. The van der Waals surface area contributed by atoms with Gasteiger partial charge in [-0.2, -0.15) is 13.2 Å². The van der Waals surface area contributed by atoms with E-state index in [0.29, 0.717) is 0 Å². The first-order valence-corrected chi connectivity index (χ1v) is 8.78. The Kier molecular flexibility index (Phi) is 6.22. The van der Waals surface area contributed by atoms with E-state index in [0.717, 1.165) is 4.90 Å². The van der Waals surface area contributed by atoms with E-state index >= 15 is 0 Å². The molecule has 1 aliphatic heterocycles. The fraction of sp³-hybridized carbons (Fsp3) is 0.882. The minimum Gasteiger partial charge on any atom is -0.481 e. The molecule has 4 atom stereocenters. The van der Waals surface area contributed by atoms with Crippen LogP contribution in [0, 0.1) is 11.3 Å². The number of aliphatic carboxylic acids is 1. The van der Waals surface area contributed by atoms with Gasteiger partial charge in [0.2, 0.25) is 0 Å². The molecule has 1 saturated carbocycles. The summed E-state index contributed by atoms with van der Waals surface area (Å²) in [4.78, 5) is 24.9. The summed E-state index contributed by atoms with van der Waals surface area (Å²) in [6.07, 6.45) is -5.00. The summed E-state index contributed by atoms with van der Waals surface area (Å²) in [5, 5.41) is 9.67. The Labute approximate surface area is 150 Å². The zero-order valence-corrected chi connectivity index (χ0v) is 15.2. The number of carboxylic acid groups (broad SMARTS) is 1. The molecule has 2 rings (SSSR count). The average molecular weight is 381 g/mol. The molecule has 0 aromatic heterocycles. The van der Waals surface area contributed by atoms with Crippen LogP contribution < -0.4 is 0 Å². The molecule has 6 nitrogen and oxygen atoms in total. The quantitative estimate of drug-likeness (QED) is 0.792. The zero-order valence-electron chi connectivity index (χ0n) is 15.2. The highest BCUT2D eigenvalue weighted by atomic mass is 19.4. The number of hydrogen-bond donors (Lipinski definition) is 1. The van der Waals surface area contributed by atoms with Gasteiger partial charge < -0.3 is 19.5 Å². The summed E-state index contributed by atoms with van der Waals surface area (Å²) in [5.41, 5.74) is -1.12. The van der Waals surface area contributed by atoms with Crippen LogP contribution in [0.4, 0.5) is 13.2 Å². The van der Waals surface area contributed by atoms with Crippen molar-refractivity contribution in [1.82, 2.24) is 4.90 Å². The number of alkyl halides is 3. The van der Waals surface area contributed by atoms with Gasteiger partial charge in [0.1, 0.15) is 6.10 Å². The maximum absolute atomic E-state index is 13.3. The summed E-state index contributed by atoms with van der Waals surface area (Å²) in [6, 6.07) is -1.58. The van der Waals surface area contributed by atoms with Gasteiger partial charge in [0.05, 0.1) is 18.1 Å². The van der Waals surface area contributed by atoms with Gasteiger partial charge in [-0.05, 0) is 31.6 Å². The molecule has 1 aliphatic carbocycles. The van der Waals surface area contributed by atoms with Gasteiger partial charge in [0.25, 0.3) is 0 Å². The van der Waals surface area contributed by atoms with Crippen molar-refractivity contribution < 1.29 is 37.3 Å². The summed E-state index contributed by atoms with van der Waals surface area (Å²) < 4.78 is 50.3. The second-order valence-corrected chi connectivity index (χ2v) is 7.43. The minimum atomic E-state index is -5.02. The Bertz CT molecular complexity index is 539. The van der Waals surface area contributed by atoms with E-state index in [4.69, 9.17) is 9.47 Å². The number of carboxylic acids is 1. The van der Waals surface area contributed by atoms with E-state index in [1.807, 2.05) is 0 Å². The molecular formula is C17H26F3NO5. The van der Waals surface area contributed by atoms with Gasteiger partial charge in [-0.1, -0.05) is 13.8 Å². The number of hydrogen-bond acceptors (Lipinski definition) is 4. The Morgan fingerprint density at radius 3 is 2.42 bits per heavy atom. The fourth-order valence-corrected chi connectivity index (χ4v) is 4.23. The molecule has 26 heavy (non-hydrogen) atoms. The number of halogens is 3. The lowest BCUT2D eigenvalue weighted by molar-refractivity contribution is -0.197. The molecule has 1 amide bonds. The normalized spacial score (nSPS) is 32.7. The molecule has 0 bridgehead atoms. The van der Waals surface area contributed by atoms with Crippen LogP contribution in [-0.4, -0.2) is 66.6 Å². The average Bonchev–Trinajstić information content (AvgIpc) is 3.01. The Morgan fingerprint density at radius 2 is 1.96 bits per heavy atom. The molecule has 1 heterocycles. The fourth-order valence-electron chi connectivity index (χ4n) is 4.23. The number of carbonyl (C=O) groups is 2. The SMILES string of the molecule is CO[C@@H]1COCC[C@@H]1N(C(=O)C(F)(F)F)C1CC[C@@](C(=O)O)(C(C)C)C1. The first-order chi connectivity index (χ1) is 12.0. The van der Waals surface area contributed by atoms with Gasteiger partial charge in [-0.15, -0.1) is 0 Å². The molecule has 1 saturated heterocycles. The van der Waals surface area contributed by atoms with Gasteiger partial charge in [-0.25, -0.2) is 0 Å². The molecular weight excluding hydrogens is 355 g/mol. The smallest absolute Gasteiger partial charge is 0.471 e. The van der Waals surface area contributed by atoms with Crippen molar-refractivity contribution in [3.63, 3.8) is 0 Å². The third-order valence-electron chi connectivity index (χ3n) is 5.85. The highest BCUT2D eigenvalue weighted by Gasteiger charge is 2.55. The van der Waals surface area contributed by atoms with Crippen molar-refractivity contribution in [2.75, 3.05) is 20.3 Å². The number of amides is 1. The van der Waals surface area contributed by atoms with Crippen molar-refractivity contribution in [2.24, 2.45) is 11.3 Å². The topological polar surface area (TPSA) is 76.1 Å². The van der Waals surface area contributed by atoms with E-state index in [-0.39, 0.29) is 44.8 Å². The lowest BCUT2D eigenvalue weighted by atomic mass is 9.75. The largest absolute Gasteiger partial charge is 0.481 e. The summed E-state index contributed by atoms with van der Waals surface area (Å²) >= 11 is 0. The standard InChI is InChI=1S/C17H26F3NO5/c1-10(2)16(15(23)24)6-4-11(8-16)21(14(22)17(18,19)20)12-5-7-26-9-13(12)25-3/h10-13H,4-9H2,1-3H3,(H,23,24)/t11?,12-,13+,16-/m0/s1. The van der Waals surface area contributed by atoms with Crippen LogP contribution in [0.3, 0.4) is 0 Å². The molecule has 2 aliphatic rings. The maximum Gasteiger partial charge on any atom is 0.471 e. The molecule has 1 unspecified atom stereocenters. The Morgan fingerprint density at radius 1 is 1.31 bits per heavy atom. The Hall–Kier alpha value is -1.35. The Balaban J connectivity index is 2.36. The second kappa shape index (κ2) is 7.72. The van der Waals surface area contributed by atoms with Crippen molar-refractivity contribution in [2.45, 2.75) is 63.9 Å². The number of methoxy groups -OCH3 is 1. The van der Waals surface area contributed by atoms with Crippen LogP contribution in [0.2, 0.25) is 0 Å². The number of ether oxygens (including phenoxy) is 2. The molecule has 1 N–H and O–H groups in total. The zero-order chi connectivity index (χ0) is 19.7. The van der Waals surface area contributed by atoms with E-state index in [1.165, 1.54) is 7.11 Å². The predicted octanol–water partition coefficient (Wildman–Crippen LogP) is 2.46. The molecule has 0 radical (unpaired) electrons. The first-order valence-electron chi connectivity index (χ1n) is 8.78. The van der Waals surface area contributed by atoms with Crippen LogP contribution >= 0.6 is 0 Å². The van der Waals surface area contributed by atoms with Crippen molar-refractivity contribution >= 4 is 11.9 Å². The van der Waals surface area contributed by atoms with Crippen LogP contribution in [0.1, 0.15) is 39.5 Å². The highest BCUT2D eigenvalue weighted by molar-refractivity contribution is 5.83. The molecule has 0 spiro atoms. The molecule has 2 fully saturated rings. The summed E-state index contributed by atoms with van der Waals surface area (Å²) in [7, 11) is 1.37. The highest BCUT2D eigenvalue weighted by Crippen LogP contribution is 2.47. The van der Waals surface area contributed by atoms with Crippen LogP contribution in [0.25, 0.3) is 0 Å². The van der Waals surface area contributed by atoms with E-state index < -0.39 is 41.7 Å². The monoisotopic (exact) mass is 381 g/mol. The van der Waals surface area contributed by atoms with Crippen LogP contribution in [0.15, 0.2) is 0 Å². The first kappa shape index (κ1) is 21.0. The van der Waals surface area contributed by atoms with E-state index in [1.54, 1.807) is 13.8 Å². The van der Waals surface area contributed by atoms with Gasteiger partial charge in [-0.3, -0.25) is 9.59 Å². The van der Waals surface area contributed by atoms with Crippen molar-refractivity contribution in [3.8, 4) is 0 Å². The molecule has 9 heteroatoms. The lowest BCUT2D eigenvalue weighted by Gasteiger charge is -2.43. The summed E-state index contributed by atoms with van der Waals surface area (Å²) in [5.74, 6) is -3.20. The third-order valence-corrected chi connectivity index (χ3v) is 5.85. The number of carbonyl (C=O) groups excluding carboxylic acids is 1. The molecule has 150 valence electrons. The van der Waals surface area contributed by atoms with E-state index in [2.05, 4.69) is 0 Å². The van der Waals surface area contributed by atoms with Crippen LogP contribution in [-0.2, 0) is 19.1 Å². The maximum atomic E-state index is 13.3. The van der Waals surface area contributed by atoms with Gasteiger partial charge in [0, 0.05) is 19.8 Å². The van der Waals surface area contributed by atoms with Gasteiger partial charge >= 0.3 is 18.1 Å². The number of rotatable bonds is 5.